The van der Waals surface area contributed by atoms with Crippen LogP contribution in [0.3, 0.4) is 0 Å². The van der Waals surface area contributed by atoms with Gasteiger partial charge in [-0.15, -0.1) is 10.2 Å². The van der Waals surface area contributed by atoms with Gasteiger partial charge in [0.25, 0.3) is 0 Å². The van der Waals surface area contributed by atoms with Crippen molar-refractivity contribution < 1.29 is 17.9 Å². The van der Waals surface area contributed by atoms with E-state index in [1.54, 1.807) is 36.6 Å². The third-order valence-corrected chi connectivity index (χ3v) is 7.70. The zero-order valence-corrected chi connectivity index (χ0v) is 20.5. The van der Waals surface area contributed by atoms with E-state index in [1.807, 2.05) is 6.92 Å². The number of hydrogen-bond acceptors (Lipinski definition) is 9. The van der Waals surface area contributed by atoms with Gasteiger partial charge >= 0.3 is 0 Å². The lowest BCUT2D eigenvalue weighted by Crippen LogP contribution is -2.28. The third kappa shape index (κ3) is 6.04. The summed E-state index contributed by atoms with van der Waals surface area (Å²) >= 11 is 5.85. The second-order valence-corrected chi connectivity index (χ2v) is 10.2. The number of pyridine rings is 1. The molecular weight excluding hydrogens is 468 g/mol. The molecule has 0 N–H and O–H groups in total. The molecule has 0 aliphatic rings. The summed E-state index contributed by atoms with van der Waals surface area (Å²) in [5, 5.41) is 8.05. The van der Waals surface area contributed by atoms with Crippen molar-refractivity contribution in [1.82, 2.24) is 29.7 Å². The largest absolute Gasteiger partial charge is 0.481 e. The predicted octanol–water partition coefficient (Wildman–Crippen LogP) is 2.94. The van der Waals surface area contributed by atoms with Crippen LogP contribution in [0.4, 0.5) is 0 Å². The molecule has 178 valence electrons. The maximum atomic E-state index is 13.3. The lowest BCUT2D eigenvalue weighted by atomic mass is 10.1. The Balaban J connectivity index is 1.90. The maximum Gasteiger partial charge on any atom is 0.213 e. The normalized spacial score (nSPS) is 13.6. The van der Waals surface area contributed by atoms with Crippen molar-refractivity contribution in [1.29, 1.82) is 0 Å². The number of ether oxygens (including phenoxy) is 2. The average Bonchev–Trinajstić information content (AvgIpc) is 3.20. The minimum atomic E-state index is -3.63. The first kappa shape index (κ1) is 25.0. The Bertz CT molecular complexity index is 1170. The van der Waals surface area contributed by atoms with Gasteiger partial charge < -0.3 is 14.0 Å². The Kier molecular flexibility index (Phi) is 8.33. The van der Waals surface area contributed by atoms with E-state index in [4.69, 9.17) is 21.1 Å². The molecule has 0 aliphatic carbocycles. The molecule has 33 heavy (non-hydrogen) atoms. The molecule has 0 unspecified atom stereocenters. The molecule has 3 aromatic heterocycles. The van der Waals surface area contributed by atoms with Crippen molar-refractivity contribution in [3.8, 4) is 17.4 Å². The van der Waals surface area contributed by atoms with E-state index >= 15 is 0 Å². The molecule has 3 rings (SSSR count). The van der Waals surface area contributed by atoms with Crippen molar-refractivity contribution in [2.45, 2.75) is 44.2 Å². The van der Waals surface area contributed by atoms with Crippen LogP contribution in [0.15, 0.2) is 30.6 Å². The molecule has 0 saturated heterocycles. The lowest BCUT2D eigenvalue weighted by Gasteiger charge is -2.19. The van der Waals surface area contributed by atoms with Crippen LogP contribution in [0, 0.1) is 0 Å². The van der Waals surface area contributed by atoms with Crippen LogP contribution in [0.1, 0.15) is 38.3 Å². The van der Waals surface area contributed by atoms with Crippen molar-refractivity contribution in [2.24, 2.45) is 0 Å². The summed E-state index contributed by atoms with van der Waals surface area (Å²) in [7, 11) is -2.10. The van der Waals surface area contributed by atoms with Gasteiger partial charge in [-0.05, 0) is 19.9 Å². The molecule has 0 aromatic carbocycles. The van der Waals surface area contributed by atoms with Crippen LogP contribution < -0.4 is 4.74 Å². The van der Waals surface area contributed by atoms with Gasteiger partial charge in [-0.25, -0.2) is 23.4 Å². The second kappa shape index (κ2) is 11.0. The molecule has 12 heteroatoms. The first-order valence-electron chi connectivity index (χ1n) is 10.5. The van der Waals surface area contributed by atoms with Crippen LogP contribution in [-0.2, 0) is 26.9 Å². The quantitative estimate of drug-likeness (QED) is 0.370. The zero-order valence-electron chi connectivity index (χ0n) is 19.0. The summed E-state index contributed by atoms with van der Waals surface area (Å²) in [6.45, 7) is 6.61. The molecule has 0 bridgehead atoms. The number of methoxy groups -OCH3 is 1. The Morgan fingerprint density at radius 1 is 1.15 bits per heavy atom. The molecule has 3 heterocycles. The van der Waals surface area contributed by atoms with E-state index in [0.29, 0.717) is 53.8 Å². The first-order chi connectivity index (χ1) is 15.8. The number of hydrogen-bond donors (Lipinski definition) is 0. The fraction of sp³-hybridized carbons (Fsp3) is 0.476. The van der Waals surface area contributed by atoms with Gasteiger partial charge in [-0.1, -0.05) is 24.6 Å². The molecule has 0 fully saturated rings. The fourth-order valence-corrected chi connectivity index (χ4v) is 4.89. The average molecular weight is 495 g/mol. The van der Waals surface area contributed by atoms with Gasteiger partial charge in [0.05, 0.1) is 24.0 Å². The second-order valence-electron chi connectivity index (χ2n) is 7.41. The summed E-state index contributed by atoms with van der Waals surface area (Å²) in [4.78, 5) is 12.7. The Hall–Kier alpha value is -2.63. The highest BCUT2D eigenvalue weighted by Gasteiger charge is 2.31. The van der Waals surface area contributed by atoms with Crippen LogP contribution in [-0.4, -0.2) is 63.7 Å². The lowest BCUT2D eigenvalue weighted by molar-refractivity contribution is 0.138. The highest BCUT2D eigenvalue weighted by Crippen LogP contribution is 2.26. The SMILES string of the molecule is CCOCCn1c(CS(=O)(=O)[C@@H](C)[C@H](C)c2ncc(Cl)cn2)nnc1-c1cccc(OC)n1. The summed E-state index contributed by atoms with van der Waals surface area (Å²) < 4.78 is 39.0. The molecule has 10 nitrogen and oxygen atoms in total. The Morgan fingerprint density at radius 3 is 2.55 bits per heavy atom. The highest BCUT2D eigenvalue weighted by molar-refractivity contribution is 7.91. The number of halogens is 1. The van der Waals surface area contributed by atoms with E-state index in [0.717, 1.165) is 0 Å². The Labute approximate surface area is 198 Å². The number of aromatic nitrogens is 6. The van der Waals surface area contributed by atoms with Crippen LogP contribution in [0.2, 0.25) is 5.02 Å². The van der Waals surface area contributed by atoms with E-state index in [1.165, 1.54) is 19.5 Å². The molecule has 0 amide bonds. The van der Waals surface area contributed by atoms with Crippen LogP contribution >= 0.6 is 11.6 Å². The molecule has 0 spiro atoms. The minimum absolute atomic E-state index is 0.296. The Morgan fingerprint density at radius 2 is 1.88 bits per heavy atom. The van der Waals surface area contributed by atoms with Gasteiger partial charge in [0.15, 0.2) is 15.7 Å². The fourth-order valence-electron chi connectivity index (χ4n) is 3.21. The van der Waals surface area contributed by atoms with E-state index in [-0.39, 0.29) is 5.75 Å². The van der Waals surface area contributed by atoms with Gasteiger partial charge in [-0.2, -0.15) is 0 Å². The van der Waals surface area contributed by atoms with Crippen molar-refractivity contribution in [3.63, 3.8) is 0 Å². The minimum Gasteiger partial charge on any atom is -0.481 e. The summed E-state index contributed by atoms with van der Waals surface area (Å²) in [6, 6.07) is 5.28. The van der Waals surface area contributed by atoms with E-state index in [9.17, 15) is 8.42 Å². The summed E-state index contributed by atoms with van der Waals surface area (Å²) in [6.07, 6.45) is 2.91. The predicted molar refractivity (Wildman–Crippen MR) is 124 cm³/mol. The highest BCUT2D eigenvalue weighted by atomic mass is 35.5. The van der Waals surface area contributed by atoms with Crippen molar-refractivity contribution in [2.75, 3.05) is 20.3 Å². The van der Waals surface area contributed by atoms with Gasteiger partial charge in [0.1, 0.15) is 23.1 Å². The maximum absolute atomic E-state index is 13.3. The van der Waals surface area contributed by atoms with Crippen LogP contribution in [0.5, 0.6) is 5.88 Å². The molecule has 0 radical (unpaired) electrons. The van der Waals surface area contributed by atoms with Crippen LogP contribution in [0.25, 0.3) is 11.5 Å². The summed E-state index contributed by atoms with van der Waals surface area (Å²) in [5.41, 5.74) is 0.526. The summed E-state index contributed by atoms with van der Waals surface area (Å²) in [5.74, 6) is 0.855. The molecule has 2 atom stereocenters. The van der Waals surface area contributed by atoms with E-state index in [2.05, 4.69) is 25.1 Å². The third-order valence-electron chi connectivity index (χ3n) is 5.30. The topological polar surface area (TPSA) is 122 Å². The molecule has 0 saturated carbocycles. The van der Waals surface area contributed by atoms with Gasteiger partial charge in [-0.3, -0.25) is 0 Å². The number of nitrogens with zero attached hydrogens (tertiary/aromatic N) is 6. The first-order valence-corrected chi connectivity index (χ1v) is 12.6. The van der Waals surface area contributed by atoms with E-state index < -0.39 is 21.0 Å². The smallest absolute Gasteiger partial charge is 0.213 e. The van der Waals surface area contributed by atoms with Gasteiger partial charge in [0.2, 0.25) is 5.88 Å². The standard InChI is InChI=1S/C21H27ClN6O4S/c1-5-32-10-9-28-18(26-27-21(28)17-7-6-8-19(25-17)31-4)13-33(29,30)15(3)14(2)20-23-11-16(22)12-24-20/h6-8,11-12,14-15H,5,9-10,13H2,1-4H3/t14-,15-/m0/s1. The monoisotopic (exact) mass is 494 g/mol. The molecule has 3 aromatic rings. The molecular formula is C21H27ClN6O4S. The van der Waals surface area contributed by atoms with Crippen molar-refractivity contribution in [3.05, 3.63) is 47.3 Å². The zero-order chi connectivity index (χ0) is 24.0. The molecule has 0 aliphatic heterocycles. The number of rotatable bonds is 11. The van der Waals surface area contributed by atoms with Crippen molar-refractivity contribution >= 4 is 21.4 Å². The van der Waals surface area contributed by atoms with Gasteiger partial charge in [0, 0.05) is 37.5 Å². The number of sulfone groups is 1.